The van der Waals surface area contributed by atoms with Gasteiger partial charge in [-0.25, -0.2) is 4.68 Å². The maximum absolute atomic E-state index is 11.0. The number of anilines is 1. The first kappa shape index (κ1) is 13.5. The van der Waals surface area contributed by atoms with E-state index in [-0.39, 0.29) is 12.2 Å². The minimum Gasteiger partial charge on any atom is -0.381 e. The third-order valence-corrected chi connectivity index (χ3v) is 3.26. The summed E-state index contributed by atoms with van der Waals surface area (Å²) in [4.78, 5) is 10.6. The summed E-state index contributed by atoms with van der Waals surface area (Å²) >= 11 is 3.22. The Bertz CT molecular complexity index is 626. The van der Waals surface area contributed by atoms with Crippen molar-refractivity contribution in [1.29, 1.82) is 0 Å². The second-order valence-electron chi connectivity index (χ2n) is 3.96. The standard InChI is InChI=1S/C11H12BrN5O2/c1-2-9-11(13)14-15-16(9)6-7-3-4-8(12)5-10(7)17(18)19/h3-5H,2,6,13H2,1H3. The van der Waals surface area contributed by atoms with Gasteiger partial charge in [-0.3, -0.25) is 10.1 Å². The Morgan fingerprint density at radius 2 is 2.26 bits per heavy atom. The van der Waals surface area contributed by atoms with Gasteiger partial charge < -0.3 is 5.73 Å². The quantitative estimate of drug-likeness (QED) is 0.685. The molecule has 8 heteroatoms. The van der Waals surface area contributed by atoms with Crippen LogP contribution in [0.15, 0.2) is 22.7 Å². The van der Waals surface area contributed by atoms with Gasteiger partial charge in [-0.15, -0.1) is 5.10 Å². The molecule has 2 aromatic rings. The summed E-state index contributed by atoms with van der Waals surface area (Å²) in [7, 11) is 0. The van der Waals surface area contributed by atoms with Crippen LogP contribution in [0.3, 0.4) is 0 Å². The lowest BCUT2D eigenvalue weighted by atomic mass is 10.2. The van der Waals surface area contributed by atoms with Crippen LogP contribution in [-0.2, 0) is 13.0 Å². The lowest BCUT2D eigenvalue weighted by molar-refractivity contribution is -0.385. The fourth-order valence-electron chi connectivity index (χ4n) is 1.84. The molecule has 2 N–H and O–H groups in total. The van der Waals surface area contributed by atoms with Crippen LogP contribution in [0.2, 0.25) is 0 Å². The van der Waals surface area contributed by atoms with Gasteiger partial charge in [0, 0.05) is 10.5 Å². The molecule has 7 nitrogen and oxygen atoms in total. The van der Waals surface area contributed by atoms with E-state index in [1.807, 2.05) is 6.92 Å². The Morgan fingerprint density at radius 3 is 2.89 bits per heavy atom. The van der Waals surface area contributed by atoms with Crippen molar-refractivity contribution in [1.82, 2.24) is 15.0 Å². The van der Waals surface area contributed by atoms with E-state index in [2.05, 4.69) is 26.2 Å². The Morgan fingerprint density at radius 1 is 1.53 bits per heavy atom. The Hall–Kier alpha value is -1.96. The number of nitrogens with zero attached hydrogens (tertiary/aromatic N) is 4. The second-order valence-corrected chi connectivity index (χ2v) is 4.88. The van der Waals surface area contributed by atoms with E-state index in [9.17, 15) is 10.1 Å². The monoisotopic (exact) mass is 325 g/mol. The summed E-state index contributed by atoms with van der Waals surface area (Å²) in [6, 6.07) is 4.93. The van der Waals surface area contributed by atoms with Crippen molar-refractivity contribution in [3.8, 4) is 0 Å². The van der Waals surface area contributed by atoms with Crippen molar-refractivity contribution in [2.75, 3.05) is 5.73 Å². The van der Waals surface area contributed by atoms with Gasteiger partial charge >= 0.3 is 0 Å². The van der Waals surface area contributed by atoms with Gasteiger partial charge in [-0.1, -0.05) is 28.1 Å². The minimum atomic E-state index is -0.411. The van der Waals surface area contributed by atoms with Crippen molar-refractivity contribution in [2.45, 2.75) is 19.9 Å². The zero-order valence-corrected chi connectivity index (χ0v) is 11.8. The summed E-state index contributed by atoms with van der Waals surface area (Å²) in [5.74, 6) is 0.363. The predicted molar refractivity (Wildman–Crippen MR) is 73.7 cm³/mol. The van der Waals surface area contributed by atoms with Crippen LogP contribution >= 0.6 is 15.9 Å². The predicted octanol–water partition coefficient (Wildman–Crippen LogP) is 2.14. The highest BCUT2D eigenvalue weighted by molar-refractivity contribution is 9.10. The molecular formula is C11H12BrN5O2. The largest absolute Gasteiger partial charge is 0.381 e. The maximum atomic E-state index is 11.0. The maximum Gasteiger partial charge on any atom is 0.275 e. The molecule has 0 amide bonds. The smallest absolute Gasteiger partial charge is 0.275 e. The first-order valence-corrected chi connectivity index (χ1v) is 6.43. The molecule has 1 aromatic carbocycles. The van der Waals surface area contributed by atoms with Crippen LogP contribution in [0.4, 0.5) is 11.5 Å². The molecule has 0 aliphatic heterocycles. The van der Waals surface area contributed by atoms with Crippen molar-refractivity contribution >= 4 is 27.4 Å². The van der Waals surface area contributed by atoms with E-state index in [0.29, 0.717) is 22.3 Å². The lowest BCUT2D eigenvalue weighted by Crippen LogP contribution is -2.08. The molecule has 0 saturated carbocycles. The van der Waals surface area contributed by atoms with Crippen molar-refractivity contribution in [2.24, 2.45) is 0 Å². The van der Waals surface area contributed by atoms with Gasteiger partial charge in [-0.05, 0) is 18.6 Å². The fraction of sp³-hybridized carbons (Fsp3) is 0.273. The summed E-state index contributed by atoms with van der Waals surface area (Å²) < 4.78 is 2.25. The zero-order valence-electron chi connectivity index (χ0n) is 10.2. The summed E-state index contributed by atoms with van der Waals surface area (Å²) in [6.45, 7) is 2.21. The molecule has 0 aliphatic carbocycles. The lowest BCUT2D eigenvalue weighted by Gasteiger charge is -2.06. The zero-order chi connectivity index (χ0) is 14.0. The molecule has 0 saturated heterocycles. The van der Waals surface area contributed by atoms with Gasteiger partial charge in [0.15, 0.2) is 5.82 Å². The van der Waals surface area contributed by atoms with Crippen LogP contribution in [0, 0.1) is 10.1 Å². The number of nitrogen functional groups attached to an aromatic ring is 1. The molecule has 0 fully saturated rings. The summed E-state index contributed by atoms with van der Waals surface area (Å²) in [5, 5.41) is 18.7. The number of hydrogen-bond donors (Lipinski definition) is 1. The molecule has 0 aliphatic rings. The molecule has 0 radical (unpaired) electrons. The molecular weight excluding hydrogens is 314 g/mol. The summed E-state index contributed by atoms with van der Waals surface area (Å²) in [6.07, 6.45) is 0.670. The van der Waals surface area contributed by atoms with Gasteiger partial charge in [0.1, 0.15) is 0 Å². The van der Waals surface area contributed by atoms with Gasteiger partial charge in [-0.2, -0.15) is 0 Å². The van der Waals surface area contributed by atoms with E-state index in [1.54, 1.807) is 16.8 Å². The van der Waals surface area contributed by atoms with E-state index in [4.69, 9.17) is 5.73 Å². The number of nitro benzene ring substituents is 1. The molecule has 1 heterocycles. The van der Waals surface area contributed by atoms with Crippen LogP contribution in [-0.4, -0.2) is 19.9 Å². The molecule has 0 bridgehead atoms. The molecule has 1 aromatic heterocycles. The van der Waals surface area contributed by atoms with Gasteiger partial charge in [0.05, 0.1) is 22.7 Å². The summed E-state index contributed by atoms with van der Waals surface area (Å²) in [5.41, 5.74) is 7.08. The van der Waals surface area contributed by atoms with E-state index in [1.165, 1.54) is 6.07 Å². The fourth-order valence-corrected chi connectivity index (χ4v) is 2.19. The molecule has 2 rings (SSSR count). The normalized spacial score (nSPS) is 10.6. The Kier molecular flexibility index (Phi) is 3.79. The molecule has 0 unspecified atom stereocenters. The third kappa shape index (κ3) is 2.73. The number of benzene rings is 1. The average molecular weight is 326 g/mol. The van der Waals surface area contributed by atoms with Crippen molar-refractivity contribution < 1.29 is 4.92 Å². The van der Waals surface area contributed by atoms with Crippen LogP contribution in [0.25, 0.3) is 0 Å². The Balaban J connectivity index is 2.40. The first-order valence-electron chi connectivity index (χ1n) is 5.63. The highest BCUT2D eigenvalue weighted by Crippen LogP contribution is 2.24. The molecule has 0 spiro atoms. The van der Waals surface area contributed by atoms with Crippen molar-refractivity contribution in [3.05, 3.63) is 44.0 Å². The van der Waals surface area contributed by atoms with Crippen LogP contribution in [0.5, 0.6) is 0 Å². The highest BCUT2D eigenvalue weighted by Gasteiger charge is 2.17. The highest BCUT2D eigenvalue weighted by atomic mass is 79.9. The number of hydrogen-bond acceptors (Lipinski definition) is 5. The van der Waals surface area contributed by atoms with E-state index >= 15 is 0 Å². The molecule has 100 valence electrons. The topological polar surface area (TPSA) is 99.9 Å². The van der Waals surface area contributed by atoms with E-state index < -0.39 is 4.92 Å². The number of nitrogens with two attached hydrogens (primary N) is 1. The van der Waals surface area contributed by atoms with Crippen molar-refractivity contribution in [3.63, 3.8) is 0 Å². The third-order valence-electron chi connectivity index (χ3n) is 2.77. The first-order chi connectivity index (χ1) is 9.02. The number of aromatic nitrogens is 3. The van der Waals surface area contributed by atoms with Gasteiger partial charge in [0.2, 0.25) is 0 Å². The van der Waals surface area contributed by atoms with Gasteiger partial charge in [0.25, 0.3) is 5.69 Å². The SMILES string of the molecule is CCc1c(N)nnn1Cc1ccc(Br)cc1[N+](=O)[O-]. The minimum absolute atomic E-state index is 0.0468. The van der Waals surface area contributed by atoms with Crippen LogP contribution in [0.1, 0.15) is 18.2 Å². The second kappa shape index (κ2) is 5.35. The molecule has 0 atom stereocenters. The van der Waals surface area contributed by atoms with Crippen LogP contribution < -0.4 is 5.73 Å². The number of rotatable bonds is 4. The molecule has 19 heavy (non-hydrogen) atoms. The average Bonchev–Trinajstić information content (AvgIpc) is 2.71. The number of nitro groups is 1. The van der Waals surface area contributed by atoms with E-state index in [0.717, 1.165) is 5.69 Å². The number of halogens is 1. The Labute approximate surface area is 117 Å².